The summed E-state index contributed by atoms with van der Waals surface area (Å²) in [5.74, 6) is 1.35. The molecule has 0 spiro atoms. The molecule has 4 aromatic heterocycles. The van der Waals surface area contributed by atoms with Crippen molar-refractivity contribution < 1.29 is 9.53 Å². The van der Waals surface area contributed by atoms with Crippen LogP contribution in [0.5, 0.6) is 5.75 Å². The first-order valence-electron chi connectivity index (χ1n) is 12.7. The van der Waals surface area contributed by atoms with E-state index >= 15 is 0 Å². The Balaban J connectivity index is 1.69. The molecule has 0 unspecified atom stereocenters. The molecule has 7 heteroatoms. The third-order valence-corrected chi connectivity index (χ3v) is 7.27. The molecule has 0 amide bonds. The van der Waals surface area contributed by atoms with Gasteiger partial charge >= 0.3 is 5.97 Å². The van der Waals surface area contributed by atoms with E-state index < -0.39 is 0 Å². The number of unbranched alkanes of at least 4 members (excludes halogenated alkanes) is 4. The van der Waals surface area contributed by atoms with Crippen LogP contribution in [0.15, 0.2) is 48.0 Å². The van der Waals surface area contributed by atoms with Gasteiger partial charge in [0, 0.05) is 23.9 Å². The maximum absolute atomic E-state index is 12.7. The molecule has 0 bridgehead atoms. The number of ether oxygens (including phenoxy) is 1. The predicted molar refractivity (Wildman–Crippen MR) is 142 cm³/mol. The number of hydrogen-bond acceptors (Lipinski definition) is 5. The summed E-state index contributed by atoms with van der Waals surface area (Å²) >= 11 is 1.71. The lowest BCUT2D eigenvalue weighted by Crippen LogP contribution is -2.08. The van der Waals surface area contributed by atoms with Crippen molar-refractivity contribution in [1.29, 1.82) is 0 Å². The van der Waals surface area contributed by atoms with Crippen molar-refractivity contribution in [3.8, 4) is 5.75 Å². The molecule has 0 radical (unpaired) electrons. The number of hydrogen-bond donors (Lipinski definition) is 0. The van der Waals surface area contributed by atoms with Crippen molar-refractivity contribution in [3.05, 3.63) is 58.7 Å². The Bertz CT molecular complexity index is 1450. The van der Waals surface area contributed by atoms with Crippen LogP contribution >= 0.6 is 11.3 Å². The van der Waals surface area contributed by atoms with Gasteiger partial charge < -0.3 is 9.30 Å². The highest BCUT2D eigenvalue weighted by Crippen LogP contribution is 2.34. The standard InChI is InChI=1S/C28H32N4O2S/c1-3-5-7-15-24-30-27-26(28-29-21-13-9-10-14-22(21)32(24)28)23(34-25(33)16-8-6-4-2)19-31(27)18-20-12-11-17-35-20/h9-14,17,19H,3-8,15-16,18H2,1-2H3. The molecule has 0 aliphatic heterocycles. The summed E-state index contributed by atoms with van der Waals surface area (Å²) in [6.45, 7) is 5.03. The van der Waals surface area contributed by atoms with Crippen molar-refractivity contribution in [3.63, 3.8) is 0 Å². The van der Waals surface area contributed by atoms with E-state index in [2.05, 4.69) is 46.4 Å². The van der Waals surface area contributed by atoms with E-state index in [1.807, 2.05) is 24.4 Å². The van der Waals surface area contributed by atoms with Crippen molar-refractivity contribution in [2.45, 2.75) is 71.8 Å². The van der Waals surface area contributed by atoms with Gasteiger partial charge in [-0.25, -0.2) is 9.97 Å². The first-order chi connectivity index (χ1) is 17.2. The van der Waals surface area contributed by atoms with Crippen molar-refractivity contribution in [1.82, 2.24) is 18.9 Å². The summed E-state index contributed by atoms with van der Waals surface area (Å²) in [5, 5.41) is 2.89. The molecule has 0 atom stereocenters. The van der Waals surface area contributed by atoms with Gasteiger partial charge in [0.05, 0.1) is 17.6 Å². The molecule has 0 saturated carbocycles. The smallest absolute Gasteiger partial charge is 0.311 e. The van der Waals surface area contributed by atoms with Crippen LogP contribution in [-0.2, 0) is 17.8 Å². The fourth-order valence-corrected chi connectivity index (χ4v) is 5.34. The van der Waals surface area contributed by atoms with Gasteiger partial charge in [0.2, 0.25) is 0 Å². The number of para-hydroxylation sites is 2. The van der Waals surface area contributed by atoms with Crippen LogP contribution in [0.1, 0.15) is 69.5 Å². The Labute approximate surface area is 209 Å². The van der Waals surface area contributed by atoms with E-state index in [1.165, 1.54) is 4.88 Å². The highest BCUT2D eigenvalue weighted by atomic mass is 32.1. The second-order valence-corrected chi connectivity index (χ2v) is 10.1. The first kappa shape index (κ1) is 23.5. The highest BCUT2D eigenvalue weighted by Gasteiger charge is 2.22. The molecule has 0 saturated heterocycles. The molecule has 182 valence electrons. The third kappa shape index (κ3) is 4.82. The number of nitrogens with zero attached hydrogens (tertiary/aromatic N) is 4. The first-order valence-corrected chi connectivity index (χ1v) is 13.6. The summed E-state index contributed by atoms with van der Waals surface area (Å²) in [4.78, 5) is 24.1. The van der Waals surface area contributed by atoms with E-state index in [9.17, 15) is 4.79 Å². The summed E-state index contributed by atoms with van der Waals surface area (Å²) in [6.07, 6.45) is 9.54. The maximum Gasteiger partial charge on any atom is 0.311 e. The fourth-order valence-electron chi connectivity index (χ4n) is 4.64. The Morgan fingerprint density at radius 1 is 0.971 bits per heavy atom. The Morgan fingerprint density at radius 2 is 1.80 bits per heavy atom. The van der Waals surface area contributed by atoms with Gasteiger partial charge in [-0.3, -0.25) is 9.20 Å². The van der Waals surface area contributed by atoms with Gasteiger partial charge in [-0.2, -0.15) is 0 Å². The monoisotopic (exact) mass is 488 g/mol. The molecule has 35 heavy (non-hydrogen) atoms. The normalized spacial score (nSPS) is 11.7. The molecule has 0 N–H and O–H groups in total. The summed E-state index contributed by atoms with van der Waals surface area (Å²) in [7, 11) is 0. The van der Waals surface area contributed by atoms with Crippen LogP contribution in [-0.4, -0.2) is 24.9 Å². The topological polar surface area (TPSA) is 61.4 Å². The Kier molecular flexibility index (Phi) is 7.13. The molecule has 4 heterocycles. The second kappa shape index (κ2) is 10.6. The lowest BCUT2D eigenvalue weighted by molar-refractivity contribution is -0.134. The van der Waals surface area contributed by atoms with Crippen LogP contribution in [0, 0.1) is 0 Å². The van der Waals surface area contributed by atoms with Crippen molar-refractivity contribution in [2.24, 2.45) is 0 Å². The zero-order chi connectivity index (χ0) is 24.2. The molecular formula is C28H32N4O2S. The third-order valence-electron chi connectivity index (χ3n) is 6.41. The van der Waals surface area contributed by atoms with Crippen LogP contribution in [0.25, 0.3) is 27.7 Å². The number of imidazole rings is 1. The van der Waals surface area contributed by atoms with Crippen LogP contribution < -0.4 is 4.74 Å². The minimum Gasteiger partial charge on any atom is -0.424 e. The number of rotatable bonds is 11. The van der Waals surface area contributed by atoms with Gasteiger partial charge in [0.15, 0.2) is 11.4 Å². The average Bonchev–Trinajstić information content (AvgIpc) is 3.58. The van der Waals surface area contributed by atoms with Crippen LogP contribution in [0.3, 0.4) is 0 Å². The molecule has 0 fully saturated rings. The summed E-state index contributed by atoms with van der Waals surface area (Å²) in [6, 6.07) is 12.3. The second-order valence-electron chi connectivity index (χ2n) is 9.08. The fraction of sp³-hybridized carbons (Fsp3) is 0.393. The molecule has 0 aliphatic rings. The number of benzene rings is 1. The Morgan fingerprint density at radius 3 is 2.60 bits per heavy atom. The number of carbonyl (C=O) groups excluding carboxylic acids is 1. The number of esters is 1. The summed E-state index contributed by atoms with van der Waals surface area (Å²) < 4.78 is 10.2. The number of thiophene rings is 1. The molecule has 6 nitrogen and oxygen atoms in total. The minimum absolute atomic E-state index is 0.199. The lowest BCUT2D eigenvalue weighted by atomic mass is 10.2. The van der Waals surface area contributed by atoms with Crippen molar-refractivity contribution in [2.75, 3.05) is 0 Å². The van der Waals surface area contributed by atoms with E-state index in [0.717, 1.165) is 78.5 Å². The Hall–Kier alpha value is -3.19. The van der Waals surface area contributed by atoms with Gasteiger partial charge in [0.25, 0.3) is 0 Å². The van der Waals surface area contributed by atoms with Crippen LogP contribution in [0.4, 0.5) is 0 Å². The summed E-state index contributed by atoms with van der Waals surface area (Å²) in [5.41, 5.74) is 3.59. The maximum atomic E-state index is 12.7. The predicted octanol–water partition coefficient (Wildman–Crippen LogP) is 7.17. The molecular weight excluding hydrogens is 456 g/mol. The zero-order valence-corrected chi connectivity index (χ0v) is 21.3. The number of carbonyl (C=O) groups is 1. The number of aromatic nitrogens is 4. The van der Waals surface area contributed by atoms with Gasteiger partial charge in [-0.15, -0.1) is 11.3 Å². The van der Waals surface area contributed by atoms with Gasteiger partial charge in [-0.1, -0.05) is 57.7 Å². The molecule has 5 aromatic rings. The number of aryl methyl sites for hydroxylation is 1. The van der Waals surface area contributed by atoms with E-state index in [0.29, 0.717) is 18.7 Å². The van der Waals surface area contributed by atoms with Gasteiger partial charge in [0.1, 0.15) is 16.9 Å². The SMILES string of the molecule is CCCCCC(=O)Oc1cn(Cc2cccs2)c2nc(CCCCC)n3c4ccccc4nc3c12. The molecule has 0 aliphatic carbocycles. The largest absolute Gasteiger partial charge is 0.424 e. The zero-order valence-electron chi connectivity index (χ0n) is 20.5. The minimum atomic E-state index is -0.199. The number of fused-ring (bicyclic) bond motifs is 5. The average molecular weight is 489 g/mol. The molecule has 1 aromatic carbocycles. The quantitative estimate of drug-likeness (QED) is 0.146. The highest BCUT2D eigenvalue weighted by molar-refractivity contribution is 7.09. The molecule has 5 rings (SSSR count). The van der Waals surface area contributed by atoms with E-state index in [-0.39, 0.29) is 5.97 Å². The van der Waals surface area contributed by atoms with E-state index in [1.54, 1.807) is 11.3 Å². The van der Waals surface area contributed by atoms with Crippen LogP contribution in [0.2, 0.25) is 0 Å². The van der Waals surface area contributed by atoms with E-state index in [4.69, 9.17) is 14.7 Å². The van der Waals surface area contributed by atoms with Gasteiger partial charge in [-0.05, 0) is 36.4 Å². The van der Waals surface area contributed by atoms with Crippen molar-refractivity contribution >= 4 is 45.0 Å². The lowest BCUT2D eigenvalue weighted by Gasteiger charge is -2.09.